The zero-order valence-electron chi connectivity index (χ0n) is 10.5. The van der Waals surface area contributed by atoms with Crippen LogP contribution in [0.15, 0.2) is 18.2 Å². The molecule has 1 rings (SSSR count). The van der Waals surface area contributed by atoms with E-state index in [-0.39, 0.29) is 0 Å². The minimum absolute atomic E-state index is 0.561. The van der Waals surface area contributed by atoms with Crippen molar-refractivity contribution in [2.24, 2.45) is 0 Å². The molecule has 0 aliphatic rings. The lowest BCUT2D eigenvalue weighted by molar-refractivity contribution is -0.138. The smallest absolute Gasteiger partial charge is 0.325 e. The van der Waals surface area contributed by atoms with Crippen LogP contribution in [0.5, 0.6) is 5.75 Å². The standard InChI is InChI=1S/C12H16N2O4/c1-7-6-9(4-5-10(7)18-3)14-12(17)13-8(2)11(15)16/h4-6,8H,1-3H3,(H,15,16)(H2,13,14,17). The molecule has 0 aliphatic heterocycles. The molecule has 98 valence electrons. The molecule has 1 atom stereocenters. The third kappa shape index (κ3) is 3.65. The van der Waals surface area contributed by atoms with Crippen LogP contribution < -0.4 is 15.4 Å². The second kappa shape index (κ2) is 5.90. The average molecular weight is 252 g/mol. The van der Waals surface area contributed by atoms with Gasteiger partial charge >= 0.3 is 12.0 Å². The maximum Gasteiger partial charge on any atom is 0.325 e. The van der Waals surface area contributed by atoms with Gasteiger partial charge in [0.05, 0.1) is 7.11 Å². The van der Waals surface area contributed by atoms with E-state index in [2.05, 4.69) is 10.6 Å². The van der Waals surface area contributed by atoms with Crippen LogP contribution in [-0.4, -0.2) is 30.3 Å². The van der Waals surface area contributed by atoms with Gasteiger partial charge in [0.25, 0.3) is 0 Å². The Balaban J connectivity index is 2.65. The lowest BCUT2D eigenvalue weighted by atomic mass is 10.2. The third-order valence-corrected chi connectivity index (χ3v) is 2.37. The summed E-state index contributed by atoms with van der Waals surface area (Å²) in [6, 6.07) is 3.64. The Morgan fingerprint density at radius 1 is 1.39 bits per heavy atom. The first-order valence-electron chi connectivity index (χ1n) is 5.39. The van der Waals surface area contributed by atoms with Crippen LogP contribution in [0.25, 0.3) is 0 Å². The first-order valence-corrected chi connectivity index (χ1v) is 5.39. The van der Waals surface area contributed by atoms with E-state index < -0.39 is 18.0 Å². The number of aliphatic carboxylic acids is 1. The molecule has 0 heterocycles. The quantitative estimate of drug-likeness (QED) is 0.759. The number of methoxy groups -OCH3 is 1. The number of nitrogens with one attached hydrogen (secondary N) is 2. The molecule has 0 bridgehead atoms. The van der Waals surface area contributed by atoms with Crippen LogP contribution in [0.2, 0.25) is 0 Å². The van der Waals surface area contributed by atoms with Gasteiger partial charge < -0.3 is 20.5 Å². The highest BCUT2D eigenvalue weighted by molar-refractivity contribution is 5.92. The number of urea groups is 1. The summed E-state index contributed by atoms with van der Waals surface area (Å²) in [4.78, 5) is 22.0. The van der Waals surface area contributed by atoms with E-state index in [1.807, 2.05) is 6.92 Å². The van der Waals surface area contributed by atoms with Crippen LogP contribution in [0, 0.1) is 6.92 Å². The molecule has 0 radical (unpaired) electrons. The lowest BCUT2D eigenvalue weighted by Crippen LogP contribution is -2.40. The van der Waals surface area contributed by atoms with Crippen LogP contribution in [0.3, 0.4) is 0 Å². The zero-order valence-corrected chi connectivity index (χ0v) is 10.5. The number of carboxylic acids is 1. The van der Waals surface area contributed by atoms with Gasteiger partial charge in [-0.1, -0.05) is 0 Å². The molecule has 1 aromatic carbocycles. The number of anilines is 1. The highest BCUT2D eigenvalue weighted by atomic mass is 16.5. The number of amides is 2. The molecule has 0 spiro atoms. The van der Waals surface area contributed by atoms with Gasteiger partial charge in [0.15, 0.2) is 0 Å². The molecule has 0 aromatic heterocycles. The number of hydrogen-bond donors (Lipinski definition) is 3. The van der Waals surface area contributed by atoms with Crippen molar-refractivity contribution in [2.75, 3.05) is 12.4 Å². The monoisotopic (exact) mass is 252 g/mol. The van der Waals surface area contributed by atoms with E-state index >= 15 is 0 Å². The van der Waals surface area contributed by atoms with E-state index in [1.165, 1.54) is 6.92 Å². The van der Waals surface area contributed by atoms with Crippen molar-refractivity contribution in [1.29, 1.82) is 0 Å². The Morgan fingerprint density at radius 3 is 2.56 bits per heavy atom. The van der Waals surface area contributed by atoms with Crippen LogP contribution >= 0.6 is 0 Å². The molecular weight excluding hydrogens is 236 g/mol. The summed E-state index contributed by atoms with van der Waals surface area (Å²) in [5, 5.41) is 13.5. The lowest BCUT2D eigenvalue weighted by Gasteiger charge is -2.12. The Kier molecular flexibility index (Phi) is 4.53. The van der Waals surface area contributed by atoms with Crippen molar-refractivity contribution in [3.05, 3.63) is 23.8 Å². The topological polar surface area (TPSA) is 87.7 Å². The molecule has 6 heteroatoms. The van der Waals surface area contributed by atoms with Gasteiger partial charge in [-0.05, 0) is 37.6 Å². The van der Waals surface area contributed by atoms with Crippen molar-refractivity contribution in [2.45, 2.75) is 19.9 Å². The number of rotatable bonds is 4. The minimum atomic E-state index is -1.09. The number of aryl methyl sites for hydroxylation is 1. The van der Waals surface area contributed by atoms with Crippen molar-refractivity contribution in [3.63, 3.8) is 0 Å². The molecule has 1 unspecified atom stereocenters. The predicted octanol–water partition coefficient (Wildman–Crippen LogP) is 1.60. The van der Waals surface area contributed by atoms with E-state index in [1.54, 1.807) is 25.3 Å². The molecule has 0 saturated carbocycles. The molecule has 0 saturated heterocycles. The second-order valence-electron chi connectivity index (χ2n) is 3.84. The molecule has 18 heavy (non-hydrogen) atoms. The van der Waals surface area contributed by atoms with Gasteiger partial charge in [-0.3, -0.25) is 4.79 Å². The number of carboxylic acid groups (broad SMARTS) is 1. The first-order chi connectivity index (χ1) is 8.43. The van der Waals surface area contributed by atoms with Gasteiger partial charge in [0.1, 0.15) is 11.8 Å². The summed E-state index contributed by atoms with van der Waals surface area (Å²) in [7, 11) is 1.57. The highest BCUT2D eigenvalue weighted by Crippen LogP contribution is 2.21. The van der Waals surface area contributed by atoms with Gasteiger partial charge in [-0.2, -0.15) is 0 Å². The second-order valence-corrected chi connectivity index (χ2v) is 3.84. The van der Waals surface area contributed by atoms with Gasteiger partial charge in [-0.25, -0.2) is 4.79 Å². The highest BCUT2D eigenvalue weighted by Gasteiger charge is 2.13. The largest absolute Gasteiger partial charge is 0.496 e. The fraction of sp³-hybridized carbons (Fsp3) is 0.333. The molecule has 6 nitrogen and oxygen atoms in total. The average Bonchev–Trinajstić information content (AvgIpc) is 2.28. The number of ether oxygens (including phenoxy) is 1. The van der Waals surface area contributed by atoms with Crippen molar-refractivity contribution in [1.82, 2.24) is 5.32 Å². The normalized spacial score (nSPS) is 11.5. The summed E-state index contributed by atoms with van der Waals surface area (Å²) in [5.74, 6) is -0.365. The van der Waals surface area contributed by atoms with Crippen molar-refractivity contribution >= 4 is 17.7 Å². The van der Waals surface area contributed by atoms with Gasteiger partial charge in [0, 0.05) is 5.69 Å². The summed E-state index contributed by atoms with van der Waals surface area (Å²) >= 11 is 0. The maximum absolute atomic E-state index is 11.5. The number of benzene rings is 1. The fourth-order valence-corrected chi connectivity index (χ4v) is 1.38. The van der Waals surface area contributed by atoms with Gasteiger partial charge in [0.2, 0.25) is 0 Å². The summed E-state index contributed by atoms with van der Waals surface area (Å²) in [6.45, 7) is 3.24. The van der Waals surface area contributed by atoms with Crippen molar-refractivity contribution in [3.8, 4) is 5.75 Å². The van der Waals surface area contributed by atoms with Crippen LogP contribution in [0.4, 0.5) is 10.5 Å². The Bertz CT molecular complexity index is 459. The Morgan fingerprint density at radius 2 is 2.06 bits per heavy atom. The first kappa shape index (κ1) is 13.8. The molecule has 2 amide bonds. The summed E-state index contributed by atoms with van der Waals surface area (Å²) in [6.07, 6.45) is 0. The molecule has 0 fully saturated rings. The van der Waals surface area contributed by atoms with Crippen LogP contribution in [-0.2, 0) is 4.79 Å². The van der Waals surface area contributed by atoms with E-state index in [0.717, 1.165) is 11.3 Å². The number of hydrogen-bond acceptors (Lipinski definition) is 3. The fourth-order valence-electron chi connectivity index (χ4n) is 1.38. The molecular formula is C12H16N2O4. The van der Waals surface area contributed by atoms with E-state index in [4.69, 9.17) is 9.84 Å². The minimum Gasteiger partial charge on any atom is -0.496 e. The zero-order chi connectivity index (χ0) is 13.7. The molecule has 0 aliphatic carbocycles. The predicted molar refractivity (Wildman–Crippen MR) is 67.0 cm³/mol. The van der Waals surface area contributed by atoms with Crippen LogP contribution in [0.1, 0.15) is 12.5 Å². The van der Waals surface area contributed by atoms with E-state index in [9.17, 15) is 9.59 Å². The number of carbonyl (C=O) groups is 2. The third-order valence-electron chi connectivity index (χ3n) is 2.37. The van der Waals surface area contributed by atoms with E-state index in [0.29, 0.717) is 5.69 Å². The summed E-state index contributed by atoms with van der Waals surface area (Å²) < 4.78 is 5.09. The molecule has 3 N–H and O–H groups in total. The Hall–Kier alpha value is -2.24. The number of carbonyl (C=O) groups excluding carboxylic acids is 1. The summed E-state index contributed by atoms with van der Waals surface area (Å²) in [5.41, 5.74) is 1.45. The Labute approximate surface area is 105 Å². The SMILES string of the molecule is COc1ccc(NC(=O)NC(C)C(=O)O)cc1C. The maximum atomic E-state index is 11.5. The van der Waals surface area contributed by atoms with Crippen molar-refractivity contribution < 1.29 is 19.4 Å². The van der Waals surface area contributed by atoms with Gasteiger partial charge in [-0.15, -0.1) is 0 Å². The molecule has 1 aromatic rings.